The average Bonchev–Trinajstić information content (AvgIpc) is 2.20. The number of aliphatic hydroxyl groups is 1. The highest BCUT2D eigenvalue weighted by Gasteiger charge is 2.13. The second-order valence-electron chi connectivity index (χ2n) is 3.26. The van der Waals surface area contributed by atoms with Gasteiger partial charge in [-0.05, 0) is 24.1 Å². The molecule has 3 nitrogen and oxygen atoms in total. The highest BCUT2D eigenvalue weighted by atomic mass is 35.5. The maximum atomic E-state index is 9.34. The van der Waals surface area contributed by atoms with Gasteiger partial charge in [0.05, 0.1) is 6.10 Å². The number of rotatable bonds is 4. The smallest absolute Gasteiger partial charge is 0.115 e. The van der Waals surface area contributed by atoms with Crippen LogP contribution >= 0.6 is 11.6 Å². The van der Waals surface area contributed by atoms with Crippen LogP contribution in [0.5, 0.6) is 5.75 Å². The molecule has 78 valence electrons. The van der Waals surface area contributed by atoms with Crippen molar-refractivity contribution in [3.8, 4) is 5.75 Å². The van der Waals surface area contributed by atoms with Crippen LogP contribution in [0, 0.1) is 0 Å². The van der Waals surface area contributed by atoms with Gasteiger partial charge in [-0.1, -0.05) is 12.1 Å². The van der Waals surface area contributed by atoms with Crippen LogP contribution < -0.4 is 5.73 Å². The van der Waals surface area contributed by atoms with Crippen molar-refractivity contribution in [3.05, 3.63) is 29.8 Å². The number of benzene rings is 1. The van der Waals surface area contributed by atoms with Crippen molar-refractivity contribution in [1.29, 1.82) is 0 Å². The number of aliphatic hydroxyl groups excluding tert-OH is 1. The molecule has 0 radical (unpaired) electrons. The summed E-state index contributed by atoms with van der Waals surface area (Å²) in [4.78, 5) is 0. The van der Waals surface area contributed by atoms with Gasteiger partial charge in [-0.15, -0.1) is 11.6 Å². The van der Waals surface area contributed by atoms with Gasteiger partial charge in [-0.3, -0.25) is 0 Å². The fourth-order valence-electron chi connectivity index (χ4n) is 1.15. The van der Waals surface area contributed by atoms with E-state index in [1.807, 2.05) is 0 Å². The van der Waals surface area contributed by atoms with Crippen LogP contribution in [0.3, 0.4) is 0 Å². The molecule has 1 aromatic rings. The van der Waals surface area contributed by atoms with Crippen LogP contribution in [0.4, 0.5) is 0 Å². The molecule has 2 atom stereocenters. The largest absolute Gasteiger partial charge is 0.508 e. The van der Waals surface area contributed by atoms with Crippen molar-refractivity contribution in [2.24, 2.45) is 5.73 Å². The van der Waals surface area contributed by atoms with Gasteiger partial charge >= 0.3 is 0 Å². The molecule has 0 amide bonds. The number of nitrogens with two attached hydrogens (primary N) is 1. The van der Waals surface area contributed by atoms with Crippen LogP contribution in [0.1, 0.15) is 5.56 Å². The molecule has 14 heavy (non-hydrogen) atoms. The first kappa shape index (κ1) is 11.3. The molecule has 1 rings (SSSR count). The van der Waals surface area contributed by atoms with Crippen molar-refractivity contribution in [3.63, 3.8) is 0 Å². The number of phenols is 1. The van der Waals surface area contributed by atoms with Gasteiger partial charge in [0.25, 0.3) is 0 Å². The molecule has 1 aromatic carbocycles. The molecule has 4 N–H and O–H groups in total. The predicted molar refractivity (Wildman–Crippen MR) is 56.5 cm³/mol. The number of halogens is 1. The molecular weight excluding hydrogens is 202 g/mol. The van der Waals surface area contributed by atoms with Gasteiger partial charge in [0.2, 0.25) is 0 Å². The maximum Gasteiger partial charge on any atom is 0.115 e. The van der Waals surface area contributed by atoms with E-state index in [-0.39, 0.29) is 17.7 Å². The first-order chi connectivity index (χ1) is 6.63. The normalized spacial score (nSPS) is 15.1. The lowest BCUT2D eigenvalue weighted by molar-refractivity contribution is 0.166. The molecule has 0 saturated heterocycles. The van der Waals surface area contributed by atoms with Gasteiger partial charge in [-0.25, -0.2) is 0 Å². The lowest BCUT2D eigenvalue weighted by Crippen LogP contribution is -2.37. The van der Waals surface area contributed by atoms with Crippen LogP contribution in [-0.2, 0) is 6.42 Å². The third kappa shape index (κ3) is 3.18. The van der Waals surface area contributed by atoms with E-state index in [0.717, 1.165) is 5.56 Å². The predicted octanol–water partition coefficient (Wildman–Crippen LogP) is 0.862. The molecule has 0 fully saturated rings. The first-order valence-electron chi connectivity index (χ1n) is 4.41. The Bertz CT molecular complexity index is 276. The van der Waals surface area contributed by atoms with E-state index in [4.69, 9.17) is 22.4 Å². The zero-order chi connectivity index (χ0) is 10.6. The zero-order valence-corrected chi connectivity index (χ0v) is 8.48. The van der Waals surface area contributed by atoms with Crippen molar-refractivity contribution < 1.29 is 10.2 Å². The Morgan fingerprint density at radius 3 is 2.36 bits per heavy atom. The maximum absolute atomic E-state index is 9.34. The van der Waals surface area contributed by atoms with E-state index >= 15 is 0 Å². The third-order valence-electron chi connectivity index (χ3n) is 2.06. The number of hydrogen-bond acceptors (Lipinski definition) is 3. The van der Waals surface area contributed by atoms with Crippen LogP contribution in [-0.4, -0.2) is 28.2 Å². The minimum atomic E-state index is -0.689. The lowest BCUT2D eigenvalue weighted by atomic mass is 10.0. The van der Waals surface area contributed by atoms with E-state index in [1.54, 1.807) is 24.3 Å². The number of hydrogen-bond donors (Lipinski definition) is 3. The standard InChI is InChI=1S/C10H14ClNO2/c11-6-10(14)9(12)5-7-1-3-8(13)4-2-7/h1-4,9-10,13-14H,5-6,12H2. The summed E-state index contributed by atoms with van der Waals surface area (Å²) in [6, 6.07) is 6.37. The van der Waals surface area contributed by atoms with Crippen molar-refractivity contribution >= 4 is 11.6 Å². The minimum Gasteiger partial charge on any atom is -0.508 e. The summed E-state index contributed by atoms with van der Waals surface area (Å²) in [5.74, 6) is 0.361. The highest BCUT2D eigenvalue weighted by molar-refractivity contribution is 6.18. The third-order valence-corrected chi connectivity index (χ3v) is 2.38. The fourth-order valence-corrected chi connectivity index (χ4v) is 1.38. The lowest BCUT2D eigenvalue weighted by Gasteiger charge is -2.16. The number of phenolic OH excluding ortho intramolecular Hbond substituents is 1. The highest BCUT2D eigenvalue weighted by Crippen LogP contribution is 2.11. The Morgan fingerprint density at radius 1 is 1.29 bits per heavy atom. The monoisotopic (exact) mass is 215 g/mol. The molecule has 0 aliphatic rings. The van der Waals surface area contributed by atoms with Gasteiger partial charge < -0.3 is 15.9 Å². The minimum absolute atomic E-state index is 0.138. The van der Waals surface area contributed by atoms with E-state index in [2.05, 4.69) is 0 Å². The summed E-state index contributed by atoms with van der Waals surface area (Å²) >= 11 is 5.47. The summed E-state index contributed by atoms with van der Waals surface area (Å²) in [5, 5.41) is 18.4. The summed E-state index contributed by atoms with van der Waals surface area (Å²) < 4.78 is 0. The molecule has 2 unspecified atom stereocenters. The quantitative estimate of drug-likeness (QED) is 0.653. The second-order valence-corrected chi connectivity index (χ2v) is 3.56. The van der Waals surface area contributed by atoms with Gasteiger partial charge in [0.1, 0.15) is 5.75 Å². The average molecular weight is 216 g/mol. The summed E-state index contributed by atoms with van der Waals surface area (Å²) in [7, 11) is 0. The first-order valence-corrected chi connectivity index (χ1v) is 4.94. The fraction of sp³-hybridized carbons (Fsp3) is 0.400. The molecule has 0 heterocycles. The van der Waals surface area contributed by atoms with E-state index < -0.39 is 6.10 Å². The number of alkyl halides is 1. The van der Waals surface area contributed by atoms with Crippen LogP contribution in [0.15, 0.2) is 24.3 Å². The van der Waals surface area contributed by atoms with Crippen molar-refractivity contribution in [2.45, 2.75) is 18.6 Å². The molecule has 4 heteroatoms. The summed E-state index contributed by atoms with van der Waals surface area (Å²) in [5.41, 5.74) is 6.67. The Morgan fingerprint density at radius 2 is 1.86 bits per heavy atom. The van der Waals surface area contributed by atoms with E-state index in [1.165, 1.54) is 0 Å². The Kier molecular flexibility index (Phi) is 4.20. The van der Waals surface area contributed by atoms with Crippen LogP contribution in [0.25, 0.3) is 0 Å². The number of aromatic hydroxyl groups is 1. The van der Waals surface area contributed by atoms with Gasteiger partial charge in [-0.2, -0.15) is 0 Å². The van der Waals surface area contributed by atoms with Crippen molar-refractivity contribution in [1.82, 2.24) is 0 Å². The molecule has 0 aliphatic carbocycles. The molecule has 0 bridgehead atoms. The van der Waals surface area contributed by atoms with Crippen molar-refractivity contribution in [2.75, 3.05) is 5.88 Å². The van der Waals surface area contributed by atoms with E-state index in [0.29, 0.717) is 6.42 Å². The van der Waals surface area contributed by atoms with Gasteiger partial charge in [0.15, 0.2) is 0 Å². The Balaban J connectivity index is 2.56. The second kappa shape index (κ2) is 5.20. The topological polar surface area (TPSA) is 66.5 Å². The molecule has 0 spiro atoms. The Hall–Kier alpha value is -0.770. The van der Waals surface area contributed by atoms with Crippen LogP contribution in [0.2, 0.25) is 0 Å². The molecule has 0 aromatic heterocycles. The van der Waals surface area contributed by atoms with E-state index in [9.17, 15) is 5.11 Å². The summed E-state index contributed by atoms with van der Waals surface area (Å²) in [6.45, 7) is 0. The molecule has 0 saturated carbocycles. The molecular formula is C10H14ClNO2. The Labute approximate surface area is 88.1 Å². The van der Waals surface area contributed by atoms with Gasteiger partial charge in [0, 0.05) is 11.9 Å². The zero-order valence-electron chi connectivity index (χ0n) is 7.73. The molecule has 0 aliphatic heterocycles. The summed E-state index contributed by atoms with van der Waals surface area (Å²) in [6.07, 6.45) is -0.140. The SMILES string of the molecule is NC(Cc1ccc(O)cc1)C(O)CCl.